The molecule has 0 aliphatic heterocycles. The molecule has 3 N–H and O–H groups in total. The van der Waals surface area contributed by atoms with E-state index in [1.165, 1.54) is 25.7 Å². The lowest BCUT2D eigenvalue weighted by Gasteiger charge is -2.38. The molecule has 4 unspecified atom stereocenters. The van der Waals surface area contributed by atoms with Gasteiger partial charge in [-0.15, -0.1) is 0 Å². The highest BCUT2D eigenvalue weighted by molar-refractivity contribution is 5.85. The van der Waals surface area contributed by atoms with Crippen molar-refractivity contribution in [3.63, 3.8) is 0 Å². The Morgan fingerprint density at radius 2 is 2.05 bits per heavy atom. The number of likely N-dealkylation sites (N-methyl/N-ethyl adjacent to an activating group) is 1. The predicted octanol–water partition coefficient (Wildman–Crippen LogP) is 1.49. The van der Waals surface area contributed by atoms with Crippen LogP contribution in [0.25, 0.3) is 0 Å². The van der Waals surface area contributed by atoms with Crippen molar-refractivity contribution in [3.05, 3.63) is 0 Å². The second-order valence-electron chi connectivity index (χ2n) is 6.68. The summed E-state index contributed by atoms with van der Waals surface area (Å²) >= 11 is 0. The molecule has 0 heterocycles. The third kappa shape index (κ3) is 2.95. The minimum atomic E-state index is -0.473. The highest BCUT2D eigenvalue weighted by atomic mass is 16.1. The molecule has 2 fully saturated rings. The average Bonchev–Trinajstić information content (AvgIpc) is 2.83. The molecule has 110 valence electrons. The van der Waals surface area contributed by atoms with Gasteiger partial charge in [0.25, 0.3) is 0 Å². The quantitative estimate of drug-likeness (QED) is 0.811. The smallest absolute Gasteiger partial charge is 0.237 e. The van der Waals surface area contributed by atoms with E-state index < -0.39 is 5.54 Å². The Morgan fingerprint density at radius 1 is 1.32 bits per heavy atom. The van der Waals surface area contributed by atoms with Crippen LogP contribution >= 0.6 is 0 Å². The Labute approximate surface area is 117 Å². The fourth-order valence-corrected chi connectivity index (χ4v) is 4.01. The number of carbonyl (C=O) groups excluding carboxylic acids is 1. The number of nitrogens with one attached hydrogen (secondary N) is 1. The molecule has 0 saturated heterocycles. The number of nitrogens with zero attached hydrogens (tertiary/aromatic N) is 1. The maximum Gasteiger partial charge on any atom is 0.237 e. The molecule has 2 aliphatic carbocycles. The first-order valence-electron chi connectivity index (χ1n) is 7.69. The molecule has 0 radical (unpaired) electrons. The standard InChI is InChI=1S/C15H29N3O/c1-11-5-4-6-12(9-11)18(3)13-7-8-15(10-13,17-2)14(16)19/h11-13,17H,4-10H2,1-3H3,(H2,16,19). The molecule has 0 spiro atoms. The van der Waals surface area contributed by atoms with E-state index in [9.17, 15) is 4.79 Å². The third-order valence-electron chi connectivity index (χ3n) is 5.50. The van der Waals surface area contributed by atoms with Gasteiger partial charge in [-0.3, -0.25) is 4.79 Å². The number of carbonyl (C=O) groups is 1. The molecule has 0 bridgehead atoms. The molecule has 0 aromatic rings. The van der Waals surface area contributed by atoms with Crippen molar-refractivity contribution < 1.29 is 4.79 Å². The zero-order valence-corrected chi connectivity index (χ0v) is 12.6. The van der Waals surface area contributed by atoms with E-state index in [1.807, 2.05) is 7.05 Å². The maximum absolute atomic E-state index is 11.7. The van der Waals surface area contributed by atoms with Gasteiger partial charge in [0.15, 0.2) is 0 Å². The van der Waals surface area contributed by atoms with Crippen molar-refractivity contribution >= 4 is 5.91 Å². The first-order valence-corrected chi connectivity index (χ1v) is 7.69. The molecule has 0 aromatic heterocycles. The van der Waals surface area contributed by atoms with Crippen LogP contribution in [0.1, 0.15) is 51.9 Å². The van der Waals surface area contributed by atoms with Crippen molar-refractivity contribution in [2.45, 2.75) is 69.5 Å². The summed E-state index contributed by atoms with van der Waals surface area (Å²) < 4.78 is 0. The normalized spacial score (nSPS) is 39.7. The second-order valence-corrected chi connectivity index (χ2v) is 6.68. The van der Waals surface area contributed by atoms with E-state index in [0.717, 1.165) is 25.2 Å². The number of primary amides is 1. The summed E-state index contributed by atoms with van der Waals surface area (Å²) in [5.41, 5.74) is 5.11. The minimum absolute atomic E-state index is 0.192. The Kier molecular flexibility index (Phi) is 4.51. The zero-order chi connectivity index (χ0) is 14.0. The van der Waals surface area contributed by atoms with Crippen LogP contribution in [0.15, 0.2) is 0 Å². The predicted molar refractivity (Wildman–Crippen MR) is 77.8 cm³/mol. The van der Waals surface area contributed by atoms with Crippen molar-refractivity contribution in [3.8, 4) is 0 Å². The van der Waals surface area contributed by atoms with Crippen molar-refractivity contribution in [1.29, 1.82) is 0 Å². The van der Waals surface area contributed by atoms with Crippen LogP contribution in [-0.2, 0) is 4.79 Å². The number of amides is 1. The van der Waals surface area contributed by atoms with Crippen LogP contribution in [0.2, 0.25) is 0 Å². The Hall–Kier alpha value is -0.610. The molecule has 2 aliphatic rings. The van der Waals surface area contributed by atoms with Gasteiger partial charge in [0.2, 0.25) is 5.91 Å². The number of hydrogen-bond donors (Lipinski definition) is 2. The highest BCUT2D eigenvalue weighted by Crippen LogP contribution is 2.36. The van der Waals surface area contributed by atoms with Crippen LogP contribution in [-0.4, -0.2) is 42.5 Å². The van der Waals surface area contributed by atoms with E-state index in [4.69, 9.17) is 5.73 Å². The molecule has 2 rings (SSSR count). The number of rotatable bonds is 4. The Bertz CT molecular complexity index is 333. The van der Waals surface area contributed by atoms with Crippen LogP contribution < -0.4 is 11.1 Å². The maximum atomic E-state index is 11.7. The summed E-state index contributed by atoms with van der Waals surface area (Å²) in [7, 11) is 4.09. The summed E-state index contributed by atoms with van der Waals surface area (Å²) in [4.78, 5) is 14.2. The topological polar surface area (TPSA) is 58.4 Å². The summed E-state index contributed by atoms with van der Waals surface area (Å²) in [6, 6.07) is 1.18. The summed E-state index contributed by atoms with van der Waals surface area (Å²) in [5.74, 6) is 0.649. The first kappa shape index (κ1) is 14.8. The van der Waals surface area contributed by atoms with Gasteiger partial charge >= 0.3 is 0 Å². The van der Waals surface area contributed by atoms with Gasteiger partial charge in [0.05, 0.1) is 5.54 Å². The molecule has 0 aromatic carbocycles. The van der Waals surface area contributed by atoms with Gasteiger partial charge in [0.1, 0.15) is 0 Å². The monoisotopic (exact) mass is 267 g/mol. The van der Waals surface area contributed by atoms with Crippen LogP contribution in [0.3, 0.4) is 0 Å². The highest BCUT2D eigenvalue weighted by Gasteiger charge is 2.45. The molecular formula is C15H29N3O. The van der Waals surface area contributed by atoms with E-state index in [0.29, 0.717) is 12.1 Å². The van der Waals surface area contributed by atoms with Crippen molar-refractivity contribution in [2.24, 2.45) is 11.7 Å². The van der Waals surface area contributed by atoms with Crippen molar-refractivity contribution in [1.82, 2.24) is 10.2 Å². The van der Waals surface area contributed by atoms with Gasteiger partial charge in [-0.05, 0) is 52.1 Å². The van der Waals surface area contributed by atoms with E-state index in [-0.39, 0.29) is 5.91 Å². The van der Waals surface area contributed by atoms with Crippen molar-refractivity contribution in [2.75, 3.05) is 14.1 Å². The van der Waals surface area contributed by atoms with E-state index in [2.05, 4.69) is 24.2 Å². The summed E-state index contributed by atoms with van der Waals surface area (Å²) in [6.45, 7) is 2.36. The first-order chi connectivity index (χ1) is 8.98. The van der Waals surface area contributed by atoms with E-state index in [1.54, 1.807) is 0 Å². The average molecular weight is 267 g/mol. The van der Waals surface area contributed by atoms with Crippen LogP contribution in [0.5, 0.6) is 0 Å². The number of nitrogens with two attached hydrogens (primary N) is 1. The fourth-order valence-electron chi connectivity index (χ4n) is 4.01. The lowest BCUT2D eigenvalue weighted by atomic mass is 9.85. The molecule has 4 atom stereocenters. The molecule has 2 saturated carbocycles. The SMILES string of the molecule is CNC1(C(N)=O)CCC(N(C)C2CCCC(C)C2)C1. The fraction of sp³-hybridized carbons (Fsp3) is 0.933. The molecule has 4 nitrogen and oxygen atoms in total. The lowest BCUT2D eigenvalue weighted by molar-refractivity contribution is -0.124. The van der Waals surface area contributed by atoms with Gasteiger partial charge in [-0.1, -0.05) is 19.8 Å². The zero-order valence-electron chi connectivity index (χ0n) is 12.6. The Morgan fingerprint density at radius 3 is 2.58 bits per heavy atom. The molecule has 19 heavy (non-hydrogen) atoms. The summed E-state index contributed by atoms with van der Waals surface area (Å²) in [5, 5.41) is 3.17. The molecule has 4 heteroatoms. The minimum Gasteiger partial charge on any atom is -0.368 e. The number of hydrogen-bond acceptors (Lipinski definition) is 3. The van der Waals surface area contributed by atoms with Gasteiger partial charge in [-0.25, -0.2) is 0 Å². The second kappa shape index (κ2) is 5.80. The van der Waals surface area contributed by atoms with Gasteiger partial charge < -0.3 is 16.0 Å². The molecule has 1 amide bonds. The largest absolute Gasteiger partial charge is 0.368 e. The third-order valence-corrected chi connectivity index (χ3v) is 5.50. The van der Waals surface area contributed by atoms with Gasteiger partial charge in [-0.2, -0.15) is 0 Å². The van der Waals surface area contributed by atoms with Crippen LogP contribution in [0, 0.1) is 5.92 Å². The molecular weight excluding hydrogens is 238 g/mol. The van der Waals surface area contributed by atoms with E-state index >= 15 is 0 Å². The van der Waals surface area contributed by atoms with Gasteiger partial charge in [0, 0.05) is 12.1 Å². The summed E-state index contributed by atoms with van der Waals surface area (Å²) in [6.07, 6.45) is 8.13. The van der Waals surface area contributed by atoms with Crippen LogP contribution in [0.4, 0.5) is 0 Å². The Balaban J connectivity index is 1.98. The lowest BCUT2D eigenvalue weighted by Crippen LogP contribution is -2.53.